The van der Waals surface area contributed by atoms with Gasteiger partial charge in [0.05, 0.1) is 26.0 Å². The largest absolute Gasteiger partial charge is 0.496 e. The number of halogens is 2. The zero-order valence-corrected chi connectivity index (χ0v) is 23.2. The van der Waals surface area contributed by atoms with Crippen LogP contribution in [0.15, 0.2) is 36.4 Å². The minimum atomic E-state index is -3.56. The van der Waals surface area contributed by atoms with Gasteiger partial charge in [0, 0.05) is 33.3 Å². The van der Waals surface area contributed by atoms with Crippen LogP contribution in [-0.2, 0) is 19.6 Å². The van der Waals surface area contributed by atoms with E-state index in [0.29, 0.717) is 40.3 Å². The fraction of sp³-hybridized carbons (Fsp3) is 0.462. The van der Waals surface area contributed by atoms with Crippen LogP contribution in [0.4, 0.5) is 0 Å². The number of hydrogen-bond donors (Lipinski definition) is 1. The van der Waals surface area contributed by atoms with Crippen molar-refractivity contribution in [3.05, 3.63) is 63.1 Å². The molecule has 1 fully saturated rings. The van der Waals surface area contributed by atoms with Crippen molar-refractivity contribution in [2.45, 2.75) is 56.7 Å². The molecule has 0 aromatic heterocycles. The number of nitrogens with one attached hydrogen (secondary N) is 1. The second-order valence-electron chi connectivity index (χ2n) is 9.32. The standard InChI is InChI=1S/C26H30Cl2N2O6S/c1-4-36-26(32)23-22-17(8-7-11-21(22)35-2)25(31)30(24(23)16-13-12-15(27)14-18(16)28)20-10-6-5-9-19(20)29-37(3,33)34/h7-8,11-14,19-20,23-24,29H,4-6,9-10H2,1-3H3/t19-,20-,23+,24-/m0/s1. The van der Waals surface area contributed by atoms with E-state index in [1.54, 1.807) is 48.2 Å². The van der Waals surface area contributed by atoms with E-state index in [9.17, 15) is 18.0 Å². The van der Waals surface area contributed by atoms with Crippen molar-refractivity contribution in [2.75, 3.05) is 20.0 Å². The number of ether oxygens (including phenoxy) is 2. The van der Waals surface area contributed by atoms with Crippen LogP contribution < -0.4 is 9.46 Å². The van der Waals surface area contributed by atoms with Crippen LogP contribution in [0, 0.1) is 0 Å². The summed E-state index contributed by atoms with van der Waals surface area (Å²) in [5, 5.41) is 0.689. The van der Waals surface area contributed by atoms with E-state index in [-0.39, 0.29) is 17.5 Å². The van der Waals surface area contributed by atoms with Crippen molar-refractivity contribution in [3.8, 4) is 5.75 Å². The quantitative estimate of drug-likeness (QED) is 0.485. The fourth-order valence-electron chi connectivity index (χ4n) is 5.58. The summed E-state index contributed by atoms with van der Waals surface area (Å²) in [6.45, 7) is 1.85. The first kappa shape index (κ1) is 27.7. The highest BCUT2D eigenvalue weighted by Crippen LogP contribution is 2.50. The van der Waals surface area contributed by atoms with Gasteiger partial charge in [0.15, 0.2) is 0 Å². The SMILES string of the molecule is CCOC(=O)[C@@H]1c2c(OC)cccc2C(=O)N([C@H]2CCCC[C@@H]2NS(C)(=O)=O)[C@H]1c1ccc(Cl)cc1Cl. The predicted octanol–water partition coefficient (Wildman–Crippen LogP) is 4.71. The Kier molecular flexibility index (Phi) is 8.38. The summed E-state index contributed by atoms with van der Waals surface area (Å²) < 4.78 is 38.3. The van der Waals surface area contributed by atoms with E-state index < -0.39 is 40.0 Å². The van der Waals surface area contributed by atoms with E-state index >= 15 is 0 Å². The second kappa shape index (κ2) is 11.2. The number of methoxy groups -OCH3 is 1. The number of carbonyl (C=O) groups is 2. The van der Waals surface area contributed by atoms with Gasteiger partial charge in [0.2, 0.25) is 10.0 Å². The molecule has 1 saturated carbocycles. The Morgan fingerprint density at radius 3 is 2.54 bits per heavy atom. The van der Waals surface area contributed by atoms with Gasteiger partial charge in [-0.3, -0.25) is 9.59 Å². The van der Waals surface area contributed by atoms with Crippen molar-refractivity contribution in [2.24, 2.45) is 0 Å². The molecule has 2 aromatic carbocycles. The van der Waals surface area contributed by atoms with E-state index in [1.165, 1.54) is 7.11 Å². The fourth-order valence-corrected chi connectivity index (χ4v) is 6.92. The molecule has 0 saturated heterocycles. The normalized spacial score (nSPS) is 23.9. The Bertz CT molecular complexity index is 1300. The molecule has 0 unspecified atom stereocenters. The minimum Gasteiger partial charge on any atom is -0.496 e. The maximum Gasteiger partial charge on any atom is 0.316 e. The molecule has 0 bridgehead atoms. The van der Waals surface area contributed by atoms with Gasteiger partial charge < -0.3 is 14.4 Å². The third kappa shape index (κ3) is 5.60. The first-order valence-corrected chi connectivity index (χ1v) is 14.8. The Balaban J connectivity index is 1.99. The van der Waals surface area contributed by atoms with Gasteiger partial charge in [-0.15, -0.1) is 0 Å². The van der Waals surface area contributed by atoms with Crippen LogP contribution in [-0.4, -0.2) is 57.3 Å². The number of rotatable bonds is 7. The Morgan fingerprint density at radius 1 is 1.16 bits per heavy atom. The number of sulfonamides is 1. The average molecular weight is 570 g/mol. The molecule has 0 spiro atoms. The first-order chi connectivity index (χ1) is 17.6. The Labute approximate surface area is 227 Å². The molecule has 4 rings (SSSR count). The maximum atomic E-state index is 14.3. The molecule has 200 valence electrons. The number of fused-ring (bicyclic) bond motifs is 1. The maximum absolute atomic E-state index is 14.3. The number of benzene rings is 2. The summed E-state index contributed by atoms with van der Waals surface area (Å²) >= 11 is 12.9. The molecule has 11 heteroatoms. The molecule has 8 nitrogen and oxygen atoms in total. The lowest BCUT2D eigenvalue weighted by Crippen LogP contribution is -2.58. The third-order valence-electron chi connectivity index (χ3n) is 6.95. The van der Waals surface area contributed by atoms with Gasteiger partial charge >= 0.3 is 5.97 Å². The number of carbonyl (C=O) groups excluding carboxylic acids is 2. The molecule has 1 aliphatic heterocycles. The topological polar surface area (TPSA) is 102 Å². The summed E-state index contributed by atoms with van der Waals surface area (Å²) in [6, 6.07) is 8.02. The molecule has 4 atom stereocenters. The van der Waals surface area contributed by atoms with Crippen LogP contribution >= 0.6 is 23.2 Å². The van der Waals surface area contributed by atoms with Crippen molar-refractivity contribution >= 4 is 45.1 Å². The molecule has 1 heterocycles. The van der Waals surface area contributed by atoms with Gasteiger partial charge in [-0.05, 0) is 49.6 Å². The summed E-state index contributed by atoms with van der Waals surface area (Å²) in [5.74, 6) is -1.46. The molecule has 2 aliphatic rings. The molecular formula is C26H30Cl2N2O6S. The van der Waals surface area contributed by atoms with E-state index in [1.807, 2.05) is 0 Å². The number of esters is 1. The van der Waals surface area contributed by atoms with Crippen LogP contribution in [0.1, 0.15) is 66.1 Å². The zero-order chi connectivity index (χ0) is 26.9. The van der Waals surface area contributed by atoms with E-state index in [0.717, 1.165) is 19.1 Å². The van der Waals surface area contributed by atoms with Crippen molar-refractivity contribution in [1.29, 1.82) is 0 Å². The van der Waals surface area contributed by atoms with Crippen molar-refractivity contribution < 1.29 is 27.5 Å². The van der Waals surface area contributed by atoms with Gasteiger partial charge in [0.1, 0.15) is 11.7 Å². The lowest BCUT2D eigenvalue weighted by Gasteiger charge is -2.49. The van der Waals surface area contributed by atoms with Crippen LogP contribution in [0.3, 0.4) is 0 Å². The van der Waals surface area contributed by atoms with Gasteiger partial charge in [-0.2, -0.15) is 0 Å². The number of nitrogens with zero attached hydrogens (tertiary/aromatic N) is 1. The van der Waals surface area contributed by atoms with Gasteiger partial charge in [0.25, 0.3) is 5.91 Å². The van der Waals surface area contributed by atoms with Gasteiger partial charge in [-0.25, -0.2) is 13.1 Å². The summed E-state index contributed by atoms with van der Waals surface area (Å²) in [6.07, 6.45) is 3.81. The summed E-state index contributed by atoms with van der Waals surface area (Å²) in [4.78, 5) is 29.5. The summed E-state index contributed by atoms with van der Waals surface area (Å²) in [5.41, 5.74) is 1.24. The van der Waals surface area contributed by atoms with Crippen LogP contribution in [0.25, 0.3) is 0 Å². The molecular weight excluding hydrogens is 539 g/mol. The Morgan fingerprint density at radius 2 is 1.89 bits per heavy atom. The molecule has 1 N–H and O–H groups in total. The molecule has 2 aromatic rings. The van der Waals surface area contributed by atoms with Crippen molar-refractivity contribution in [1.82, 2.24) is 9.62 Å². The predicted molar refractivity (Wildman–Crippen MR) is 142 cm³/mol. The highest BCUT2D eigenvalue weighted by Gasteiger charge is 2.51. The van der Waals surface area contributed by atoms with Crippen LogP contribution in [0.2, 0.25) is 10.0 Å². The molecule has 1 aliphatic carbocycles. The van der Waals surface area contributed by atoms with Gasteiger partial charge in [-0.1, -0.05) is 48.2 Å². The number of amides is 1. The van der Waals surface area contributed by atoms with E-state index in [4.69, 9.17) is 32.7 Å². The molecule has 1 amide bonds. The summed E-state index contributed by atoms with van der Waals surface area (Å²) in [7, 11) is -2.08. The number of hydrogen-bond acceptors (Lipinski definition) is 6. The van der Waals surface area contributed by atoms with Crippen LogP contribution in [0.5, 0.6) is 5.75 Å². The zero-order valence-electron chi connectivity index (χ0n) is 20.9. The minimum absolute atomic E-state index is 0.135. The highest BCUT2D eigenvalue weighted by molar-refractivity contribution is 7.88. The Hall–Kier alpha value is -2.33. The van der Waals surface area contributed by atoms with Crippen molar-refractivity contribution in [3.63, 3.8) is 0 Å². The average Bonchev–Trinajstić information content (AvgIpc) is 2.83. The monoisotopic (exact) mass is 568 g/mol. The first-order valence-electron chi connectivity index (χ1n) is 12.2. The highest BCUT2D eigenvalue weighted by atomic mass is 35.5. The lowest BCUT2D eigenvalue weighted by atomic mass is 9.76. The molecule has 37 heavy (non-hydrogen) atoms. The third-order valence-corrected chi connectivity index (χ3v) is 8.24. The van der Waals surface area contributed by atoms with E-state index in [2.05, 4.69) is 4.72 Å². The molecule has 0 radical (unpaired) electrons. The lowest BCUT2D eigenvalue weighted by molar-refractivity contribution is -0.147. The smallest absolute Gasteiger partial charge is 0.316 e. The second-order valence-corrected chi connectivity index (χ2v) is 11.9.